The first-order valence-corrected chi connectivity index (χ1v) is 14.2. The summed E-state index contributed by atoms with van der Waals surface area (Å²) >= 11 is 1.74. The summed E-state index contributed by atoms with van der Waals surface area (Å²) < 4.78 is 20.4. The molecular weight excluding hydrogens is 543 g/mol. The number of nitrogens with zero attached hydrogens (tertiary/aromatic N) is 3. The molecule has 1 unspecified atom stereocenters. The Hall–Kier alpha value is -4.36. The van der Waals surface area contributed by atoms with Crippen molar-refractivity contribution in [2.24, 2.45) is 0 Å². The molecule has 2 aliphatic rings. The fourth-order valence-corrected chi connectivity index (χ4v) is 6.28. The van der Waals surface area contributed by atoms with Crippen molar-refractivity contribution in [3.05, 3.63) is 88.7 Å². The Bertz CT molecular complexity index is 1500. The number of aldehydes is 1. The van der Waals surface area contributed by atoms with Crippen molar-refractivity contribution < 1.29 is 23.5 Å². The first-order valence-electron chi connectivity index (χ1n) is 13.3. The van der Waals surface area contributed by atoms with E-state index in [1.165, 1.54) is 18.0 Å². The Kier molecular flexibility index (Phi) is 8.55. The molecular formula is C31H29FN4O4S. The zero-order valence-corrected chi connectivity index (χ0v) is 23.3. The van der Waals surface area contributed by atoms with Gasteiger partial charge in [-0.15, -0.1) is 11.8 Å². The summed E-state index contributed by atoms with van der Waals surface area (Å²) in [5.74, 6) is -0.332. The molecule has 0 aromatic heterocycles. The van der Waals surface area contributed by atoms with E-state index >= 15 is 0 Å². The molecule has 0 aliphatic carbocycles. The van der Waals surface area contributed by atoms with Gasteiger partial charge in [-0.3, -0.25) is 9.59 Å². The Morgan fingerprint density at radius 1 is 1.22 bits per heavy atom. The van der Waals surface area contributed by atoms with Crippen molar-refractivity contribution in [3.8, 4) is 11.8 Å². The van der Waals surface area contributed by atoms with E-state index in [-0.39, 0.29) is 37.0 Å². The SMILES string of the molecule is CNC(=O)C(CCC=O)N1Cc2c(OCc3ccc(SC4CN(c5ccc(C#N)cc5F)C4)cc3)cccc2C1=O. The van der Waals surface area contributed by atoms with E-state index in [9.17, 15) is 18.8 Å². The van der Waals surface area contributed by atoms with Crippen LogP contribution >= 0.6 is 11.8 Å². The Labute approximate surface area is 242 Å². The number of ether oxygens (including phenoxy) is 1. The molecule has 3 aromatic rings. The molecule has 0 saturated carbocycles. The van der Waals surface area contributed by atoms with Crippen LogP contribution in [-0.2, 0) is 22.7 Å². The first-order chi connectivity index (χ1) is 19.9. The average Bonchev–Trinajstić information content (AvgIpc) is 3.31. The molecule has 5 rings (SSSR count). The number of hydrogen-bond donors (Lipinski definition) is 1. The number of rotatable bonds is 11. The maximum atomic E-state index is 14.3. The van der Waals surface area contributed by atoms with Crippen LogP contribution in [0, 0.1) is 17.1 Å². The number of fused-ring (bicyclic) bond motifs is 1. The molecule has 10 heteroatoms. The Balaban J connectivity index is 1.16. The second-order valence-electron chi connectivity index (χ2n) is 9.94. The summed E-state index contributed by atoms with van der Waals surface area (Å²) in [4.78, 5) is 41.1. The number of nitrogens with one attached hydrogen (secondary N) is 1. The molecule has 0 spiro atoms. The summed E-state index contributed by atoms with van der Waals surface area (Å²) in [7, 11) is 1.52. The number of halogens is 1. The molecule has 8 nitrogen and oxygen atoms in total. The molecule has 3 aromatic carbocycles. The van der Waals surface area contributed by atoms with Gasteiger partial charge >= 0.3 is 0 Å². The van der Waals surface area contributed by atoms with Gasteiger partial charge in [0.2, 0.25) is 5.91 Å². The van der Waals surface area contributed by atoms with Crippen LogP contribution in [0.3, 0.4) is 0 Å². The number of likely N-dealkylation sites (N-methyl/N-ethyl adjacent to an activating group) is 1. The lowest BCUT2D eigenvalue weighted by atomic mass is 10.1. The molecule has 1 N–H and O–H groups in total. The number of anilines is 1. The normalized spacial score (nSPS) is 15.1. The zero-order chi connectivity index (χ0) is 28.9. The highest BCUT2D eigenvalue weighted by atomic mass is 32.2. The van der Waals surface area contributed by atoms with Gasteiger partial charge in [-0.05, 0) is 54.4 Å². The minimum Gasteiger partial charge on any atom is -0.489 e. The minimum atomic E-state index is -0.728. The number of nitriles is 1. The van der Waals surface area contributed by atoms with Crippen LogP contribution in [-0.4, -0.2) is 54.4 Å². The van der Waals surface area contributed by atoms with Crippen LogP contribution in [0.15, 0.2) is 65.6 Å². The van der Waals surface area contributed by atoms with Crippen LogP contribution in [0.4, 0.5) is 10.1 Å². The van der Waals surface area contributed by atoms with Gasteiger partial charge in [-0.1, -0.05) is 18.2 Å². The fourth-order valence-electron chi connectivity index (χ4n) is 5.09. The van der Waals surface area contributed by atoms with Crippen LogP contribution in [0.1, 0.15) is 39.9 Å². The molecule has 1 saturated heterocycles. The van der Waals surface area contributed by atoms with Gasteiger partial charge in [-0.25, -0.2) is 4.39 Å². The largest absolute Gasteiger partial charge is 0.489 e. The fraction of sp³-hybridized carbons (Fsp3) is 0.290. The highest BCUT2D eigenvalue weighted by Gasteiger charge is 2.37. The second kappa shape index (κ2) is 12.4. The summed E-state index contributed by atoms with van der Waals surface area (Å²) in [5, 5.41) is 11.9. The second-order valence-corrected chi connectivity index (χ2v) is 11.3. The van der Waals surface area contributed by atoms with Crippen LogP contribution in [0.2, 0.25) is 0 Å². The highest BCUT2D eigenvalue weighted by molar-refractivity contribution is 8.00. The van der Waals surface area contributed by atoms with E-state index in [0.29, 0.717) is 34.4 Å². The summed E-state index contributed by atoms with van der Waals surface area (Å²) in [5.41, 5.74) is 3.05. The van der Waals surface area contributed by atoms with Gasteiger partial charge < -0.3 is 24.6 Å². The van der Waals surface area contributed by atoms with E-state index in [1.54, 1.807) is 36.0 Å². The number of carbonyl (C=O) groups excluding carboxylic acids is 3. The number of carbonyl (C=O) groups is 3. The van der Waals surface area contributed by atoms with Crippen LogP contribution < -0.4 is 15.0 Å². The van der Waals surface area contributed by atoms with Gasteiger partial charge in [0.1, 0.15) is 30.5 Å². The number of amides is 2. The van der Waals surface area contributed by atoms with Crippen LogP contribution in [0.5, 0.6) is 5.75 Å². The van der Waals surface area contributed by atoms with Crippen molar-refractivity contribution in [1.82, 2.24) is 10.2 Å². The molecule has 0 bridgehead atoms. The standard InChI is InChI=1S/C31H29FN4O4S/c1-34-30(38)28(5-3-13-37)36-18-25-24(31(36)39)4-2-6-29(25)40-19-20-7-10-22(11-8-20)41-23-16-35(17-23)27-12-9-21(15-33)14-26(27)32/h2,4,6-14,23,28H,3,5,16-19H2,1H3,(H,34,38). The van der Waals surface area contributed by atoms with E-state index < -0.39 is 6.04 Å². The summed E-state index contributed by atoms with van der Waals surface area (Å²) in [6.45, 7) is 2.00. The topological polar surface area (TPSA) is 103 Å². The van der Waals surface area contributed by atoms with E-state index in [2.05, 4.69) is 5.32 Å². The molecule has 41 heavy (non-hydrogen) atoms. The van der Waals surface area contributed by atoms with Crippen molar-refractivity contribution >= 4 is 35.5 Å². The smallest absolute Gasteiger partial charge is 0.255 e. The number of hydrogen-bond acceptors (Lipinski definition) is 7. The zero-order valence-electron chi connectivity index (χ0n) is 22.5. The van der Waals surface area contributed by atoms with E-state index in [0.717, 1.165) is 35.4 Å². The lowest BCUT2D eigenvalue weighted by molar-refractivity contribution is -0.125. The van der Waals surface area contributed by atoms with Gasteiger partial charge in [0.05, 0.1) is 23.9 Å². The van der Waals surface area contributed by atoms with E-state index in [1.807, 2.05) is 41.3 Å². The van der Waals surface area contributed by atoms with Gasteiger partial charge in [0, 0.05) is 47.8 Å². The van der Waals surface area contributed by atoms with Crippen molar-refractivity contribution in [1.29, 1.82) is 5.26 Å². The molecule has 2 heterocycles. The van der Waals surface area contributed by atoms with Gasteiger partial charge in [0.25, 0.3) is 5.91 Å². The Morgan fingerprint density at radius 3 is 2.68 bits per heavy atom. The van der Waals surface area contributed by atoms with Gasteiger partial charge in [-0.2, -0.15) is 5.26 Å². The minimum absolute atomic E-state index is 0.185. The quantitative estimate of drug-likeness (QED) is 0.342. The predicted molar refractivity (Wildman–Crippen MR) is 153 cm³/mol. The van der Waals surface area contributed by atoms with E-state index in [4.69, 9.17) is 10.00 Å². The lowest BCUT2D eigenvalue weighted by Crippen LogP contribution is -2.49. The number of thioether (sulfide) groups is 1. The van der Waals surface area contributed by atoms with Crippen molar-refractivity contribution in [2.45, 2.75) is 42.2 Å². The van der Waals surface area contributed by atoms with Crippen LogP contribution in [0.25, 0.3) is 0 Å². The molecule has 210 valence electrons. The maximum absolute atomic E-state index is 14.3. The van der Waals surface area contributed by atoms with Crippen molar-refractivity contribution in [2.75, 3.05) is 25.0 Å². The lowest BCUT2D eigenvalue weighted by Gasteiger charge is -2.40. The summed E-state index contributed by atoms with van der Waals surface area (Å²) in [6, 6.07) is 19.2. The number of benzene rings is 3. The maximum Gasteiger partial charge on any atom is 0.255 e. The molecule has 1 fully saturated rings. The third-order valence-electron chi connectivity index (χ3n) is 7.32. The monoisotopic (exact) mass is 572 g/mol. The Morgan fingerprint density at radius 2 is 2.00 bits per heavy atom. The molecule has 2 amide bonds. The molecule has 0 radical (unpaired) electrons. The highest BCUT2D eigenvalue weighted by Crippen LogP contribution is 2.35. The molecule has 1 atom stereocenters. The van der Waals surface area contributed by atoms with Crippen molar-refractivity contribution in [3.63, 3.8) is 0 Å². The summed E-state index contributed by atoms with van der Waals surface area (Å²) in [6.07, 6.45) is 1.20. The third kappa shape index (κ3) is 6.05. The third-order valence-corrected chi connectivity index (χ3v) is 8.50. The predicted octanol–water partition coefficient (Wildman–Crippen LogP) is 4.31. The van der Waals surface area contributed by atoms with Gasteiger partial charge in [0.15, 0.2) is 0 Å². The first kappa shape index (κ1) is 28.2. The molecule has 2 aliphatic heterocycles. The average molecular weight is 573 g/mol.